The van der Waals surface area contributed by atoms with E-state index in [2.05, 4.69) is 4.90 Å². The molecule has 2 aromatic rings. The highest BCUT2D eigenvalue weighted by Gasteiger charge is 2.39. The van der Waals surface area contributed by atoms with Crippen molar-refractivity contribution in [2.45, 2.75) is 44.1 Å². The first-order valence-corrected chi connectivity index (χ1v) is 13.2. The highest BCUT2D eigenvalue weighted by atomic mass is 32.2. The van der Waals surface area contributed by atoms with Gasteiger partial charge in [0.25, 0.3) is 0 Å². The second-order valence-corrected chi connectivity index (χ2v) is 10.1. The third kappa shape index (κ3) is 4.74. The SMILES string of the molecule is O=C(O)c1c(N(c2ccc(F)cc2CCCN2CCCC2)[SH](=O)=O)ccc2c1OCC1OCCC21. The van der Waals surface area contributed by atoms with Gasteiger partial charge in [0.2, 0.25) is 10.9 Å². The molecule has 0 bridgehead atoms. The number of aryl methyl sites for hydroxylation is 1. The predicted octanol–water partition coefficient (Wildman–Crippen LogP) is 3.48. The molecule has 2 unspecified atom stereocenters. The minimum Gasteiger partial charge on any atom is -0.490 e. The minimum absolute atomic E-state index is 0.00679. The summed E-state index contributed by atoms with van der Waals surface area (Å²) in [6.45, 7) is 3.70. The molecule has 2 saturated heterocycles. The van der Waals surface area contributed by atoms with E-state index in [0.29, 0.717) is 24.2 Å². The van der Waals surface area contributed by atoms with E-state index in [-0.39, 0.29) is 41.3 Å². The Labute approximate surface area is 205 Å². The third-order valence-electron chi connectivity index (χ3n) is 7.16. The lowest BCUT2D eigenvalue weighted by molar-refractivity contribution is 0.0483. The first-order valence-electron chi connectivity index (χ1n) is 12.0. The van der Waals surface area contributed by atoms with Crippen LogP contribution in [0.25, 0.3) is 0 Å². The Morgan fingerprint density at radius 3 is 2.69 bits per heavy atom. The summed E-state index contributed by atoms with van der Waals surface area (Å²) in [5.41, 5.74) is 1.26. The number of anilines is 2. The standard InChI is InChI=1S/C25H29FN2O6S/c26-17-5-7-20(16(14-17)4-3-12-27-10-1-2-11-27)28(35(31)32)21-8-6-19-18-9-13-33-22(18)15-34-24(19)23(21)25(29)30/h5-8,14,18,22,35H,1-4,9-13,15H2,(H,29,30). The van der Waals surface area contributed by atoms with Crippen LogP contribution >= 0.6 is 0 Å². The van der Waals surface area contributed by atoms with Crippen LogP contribution in [0.4, 0.5) is 15.8 Å². The topological polar surface area (TPSA) is 96.4 Å². The Kier molecular flexibility index (Phi) is 6.95. The van der Waals surface area contributed by atoms with E-state index in [4.69, 9.17) is 9.47 Å². The lowest BCUT2D eigenvalue weighted by atomic mass is 9.88. The molecule has 0 spiro atoms. The Bertz CT molecular complexity index is 1190. The van der Waals surface area contributed by atoms with Crippen molar-refractivity contribution in [1.82, 2.24) is 4.90 Å². The molecule has 5 rings (SSSR count). The van der Waals surface area contributed by atoms with Gasteiger partial charge in [0.1, 0.15) is 23.7 Å². The lowest BCUT2D eigenvalue weighted by Crippen LogP contribution is -2.30. The largest absolute Gasteiger partial charge is 0.490 e. The zero-order valence-electron chi connectivity index (χ0n) is 19.3. The van der Waals surface area contributed by atoms with Crippen molar-refractivity contribution in [3.63, 3.8) is 0 Å². The second kappa shape index (κ2) is 10.1. The second-order valence-electron chi connectivity index (χ2n) is 9.27. The molecule has 3 heterocycles. The fraction of sp³-hybridized carbons (Fsp3) is 0.480. The van der Waals surface area contributed by atoms with Crippen LogP contribution in [0.3, 0.4) is 0 Å². The van der Waals surface area contributed by atoms with Crippen molar-refractivity contribution < 1.29 is 32.2 Å². The molecule has 2 atom stereocenters. The van der Waals surface area contributed by atoms with Gasteiger partial charge in [0.15, 0.2) is 0 Å². The van der Waals surface area contributed by atoms with E-state index in [0.717, 1.165) is 36.8 Å². The van der Waals surface area contributed by atoms with Gasteiger partial charge in [-0.3, -0.25) is 0 Å². The van der Waals surface area contributed by atoms with Crippen molar-refractivity contribution in [1.29, 1.82) is 0 Å². The average Bonchev–Trinajstić information content (AvgIpc) is 3.52. The summed E-state index contributed by atoms with van der Waals surface area (Å²) in [6.07, 6.45) is 4.15. The van der Waals surface area contributed by atoms with Gasteiger partial charge in [-0.2, -0.15) is 0 Å². The summed E-state index contributed by atoms with van der Waals surface area (Å²) in [5, 5.41) is 10.1. The van der Waals surface area contributed by atoms with Crippen molar-refractivity contribution in [2.24, 2.45) is 0 Å². The number of aromatic carboxylic acids is 1. The molecule has 0 aliphatic carbocycles. The number of likely N-dealkylation sites (tertiary alicyclic amines) is 1. The van der Waals surface area contributed by atoms with E-state index < -0.39 is 22.7 Å². The fourth-order valence-electron chi connectivity index (χ4n) is 5.52. The van der Waals surface area contributed by atoms with Crippen LogP contribution in [0.5, 0.6) is 5.75 Å². The molecule has 188 valence electrons. The van der Waals surface area contributed by atoms with Gasteiger partial charge in [0, 0.05) is 18.1 Å². The number of fused-ring (bicyclic) bond motifs is 3. The summed E-state index contributed by atoms with van der Waals surface area (Å²) >= 11 is 0. The van der Waals surface area contributed by atoms with Crippen LogP contribution in [0.2, 0.25) is 0 Å². The zero-order chi connectivity index (χ0) is 24.5. The van der Waals surface area contributed by atoms with E-state index in [9.17, 15) is 22.7 Å². The number of ether oxygens (including phenoxy) is 2. The van der Waals surface area contributed by atoms with Crippen LogP contribution < -0.4 is 9.04 Å². The monoisotopic (exact) mass is 504 g/mol. The minimum atomic E-state index is -3.27. The Hall–Kier alpha value is -2.69. The number of carbonyl (C=O) groups is 1. The highest BCUT2D eigenvalue weighted by Crippen LogP contribution is 2.46. The van der Waals surface area contributed by atoms with Crippen LogP contribution in [-0.4, -0.2) is 63.3 Å². The molecule has 0 radical (unpaired) electrons. The summed E-state index contributed by atoms with van der Waals surface area (Å²) in [7, 11) is -3.27. The summed E-state index contributed by atoms with van der Waals surface area (Å²) in [6, 6.07) is 7.17. The van der Waals surface area contributed by atoms with E-state index >= 15 is 0 Å². The quantitative estimate of drug-likeness (QED) is 0.532. The Morgan fingerprint density at radius 2 is 1.94 bits per heavy atom. The smallest absolute Gasteiger partial charge is 0.341 e. The summed E-state index contributed by atoms with van der Waals surface area (Å²) < 4.78 is 51.8. The number of halogens is 1. The molecule has 2 fully saturated rings. The predicted molar refractivity (Wildman–Crippen MR) is 129 cm³/mol. The van der Waals surface area contributed by atoms with Crippen molar-refractivity contribution in [2.75, 3.05) is 37.2 Å². The van der Waals surface area contributed by atoms with Crippen LogP contribution in [0, 0.1) is 5.82 Å². The van der Waals surface area contributed by atoms with Crippen molar-refractivity contribution in [3.8, 4) is 5.75 Å². The molecule has 0 amide bonds. The van der Waals surface area contributed by atoms with Gasteiger partial charge in [-0.15, -0.1) is 0 Å². The average molecular weight is 505 g/mol. The number of nitrogens with zero attached hydrogens (tertiary/aromatic N) is 2. The lowest BCUT2D eigenvalue weighted by Gasteiger charge is -2.31. The number of thiol groups is 1. The first kappa shape index (κ1) is 24.0. The zero-order valence-corrected chi connectivity index (χ0v) is 20.2. The summed E-state index contributed by atoms with van der Waals surface area (Å²) in [5.74, 6) is -1.56. The van der Waals surface area contributed by atoms with Gasteiger partial charge in [0.05, 0.1) is 17.5 Å². The molecule has 3 aliphatic heterocycles. The number of carboxylic acid groups (broad SMARTS) is 1. The molecule has 3 aliphatic rings. The highest BCUT2D eigenvalue weighted by molar-refractivity contribution is 7.74. The molecule has 35 heavy (non-hydrogen) atoms. The normalized spacial score (nSPS) is 21.5. The number of hydrogen-bond donors (Lipinski definition) is 2. The Balaban J connectivity index is 1.53. The van der Waals surface area contributed by atoms with Gasteiger partial charge < -0.3 is 19.5 Å². The van der Waals surface area contributed by atoms with Crippen LogP contribution in [0.1, 0.15) is 53.1 Å². The molecular weight excluding hydrogens is 475 g/mol. The van der Waals surface area contributed by atoms with Crippen LogP contribution in [-0.2, 0) is 22.0 Å². The van der Waals surface area contributed by atoms with Crippen LogP contribution in [0.15, 0.2) is 30.3 Å². The third-order valence-corrected chi connectivity index (χ3v) is 7.92. The number of hydrogen-bond acceptors (Lipinski definition) is 6. The molecule has 8 nitrogen and oxygen atoms in total. The maximum absolute atomic E-state index is 14.2. The maximum Gasteiger partial charge on any atom is 0.341 e. The number of rotatable bonds is 8. The molecule has 0 saturated carbocycles. The number of benzene rings is 2. The molecule has 0 aromatic heterocycles. The fourth-order valence-corrected chi connectivity index (χ4v) is 6.23. The van der Waals surface area contributed by atoms with Gasteiger partial charge >= 0.3 is 5.97 Å². The van der Waals surface area contributed by atoms with Crippen molar-refractivity contribution >= 4 is 28.2 Å². The van der Waals surface area contributed by atoms with Gasteiger partial charge in [-0.05, 0) is 81.6 Å². The maximum atomic E-state index is 14.2. The molecule has 2 aromatic carbocycles. The van der Waals surface area contributed by atoms with E-state index in [1.54, 1.807) is 6.07 Å². The van der Waals surface area contributed by atoms with Gasteiger partial charge in [-0.25, -0.2) is 21.9 Å². The molecule has 10 heteroatoms. The van der Waals surface area contributed by atoms with Gasteiger partial charge in [-0.1, -0.05) is 6.07 Å². The first-order chi connectivity index (χ1) is 16.9. The van der Waals surface area contributed by atoms with E-state index in [1.165, 1.54) is 37.1 Å². The molecular formula is C25H29FN2O6S. The summed E-state index contributed by atoms with van der Waals surface area (Å²) in [4.78, 5) is 14.7. The number of carboxylic acids is 1. The molecule has 1 N–H and O–H groups in total. The van der Waals surface area contributed by atoms with Crippen molar-refractivity contribution in [3.05, 3.63) is 52.8 Å². The Morgan fingerprint density at radius 1 is 1.17 bits per heavy atom. The van der Waals surface area contributed by atoms with E-state index in [1.807, 2.05) is 0 Å².